The monoisotopic (exact) mass is 500 g/mol. The van der Waals surface area contributed by atoms with Gasteiger partial charge in [-0.05, 0) is 52.9 Å². The smallest absolute Gasteiger partial charge is 0.157 e. The summed E-state index contributed by atoms with van der Waals surface area (Å²) >= 11 is -2.67. The van der Waals surface area contributed by atoms with Crippen LogP contribution >= 0.6 is 0 Å². The van der Waals surface area contributed by atoms with Crippen LogP contribution in [0.2, 0.25) is 0 Å². The quantitative estimate of drug-likeness (QED) is 0.295. The van der Waals surface area contributed by atoms with Gasteiger partial charge in [0.15, 0.2) is 5.82 Å². The van der Waals surface area contributed by atoms with Gasteiger partial charge in [0.1, 0.15) is 5.52 Å². The second kappa shape index (κ2) is 10.1. The van der Waals surface area contributed by atoms with Crippen molar-refractivity contribution in [2.75, 3.05) is 0 Å². The number of aryl methyl sites for hydroxylation is 1. The Labute approximate surface area is 210 Å². The third kappa shape index (κ3) is 4.59. The summed E-state index contributed by atoms with van der Waals surface area (Å²) in [5, 5.41) is 5.31. The molecule has 0 spiro atoms. The first-order chi connectivity index (χ1) is 17.5. The highest BCUT2D eigenvalue weighted by Gasteiger charge is 2.19. The van der Waals surface area contributed by atoms with Gasteiger partial charge in [0.25, 0.3) is 0 Å². The number of hydrogen-bond acceptors (Lipinski definition) is 5. The normalized spacial score (nSPS) is 12.2. The number of hydrogen-bond donors (Lipinski definition) is 1. The maximum absolute atomic E-state index is 16.2. The van der Waals surface area contributed by atoms with Crippen LogP contribution in [-0.4, -0.2) is 18.5 Å². The summed E-state index contributed by atoms with van der Waals surface area (Å²) in [5.41, 5.74) is 11.8. The minimum absolute atomic E-state index is 0.166. The summed E-state index contributed by atoms with van der Waals surface area (Å²) in [6, 6.07) is 26.1. The number of fused-ring (bicyclic) bond motifs is 1. The summed E-state index contributed by atoms with van der Waals surface area (Å²) in [6.07, 6.45) is 0. The van der Waals surface area contributed by atoms with E-state index >= 15 is 4.39 Å². The van der Waals surface area contributed by atoms with Gasteiger partial charge in [-0.25, -0.2) is 13.3 Å². The van der Waals surface area contributed by atoms with Crippen LogP contribution in [0, 0.1) is 12.7 Å². The molecule has 0 fully saturated rings. The molecule has 2 N–H and O–H groups in total. The molecule has 0 saturated carbocycles. The molecule has 182 valence electrons. The molecular formula is C28H23FN3O3S-. The summed E-state index contributed by atoms with van der Waals surface area (Å²) < 4.78 is 44.8. The standard InChI is InChI=1S/C28H24FN3O3S/c1-18-24-12-13-26(27(29)28(24)32(31-18)23-9-5-6-19(14-23)16-30)21-10-11-25(20-7-3-2-4-8-20)22(15-21)17-35-36(33)34/h2-15H,16-17,30H2,1H3,(H,33,34)/p-1. The summed E-state index contributed by atoms with van der Waals surface area (Å²) in [4.78, 5) is 0. The van der Waals surface area contributed by atoms with Gasteiger partial charge < -0.3 is 10.3 Å². The zero-order valence-corrected chi connectivity index (χ0v) is 20.3. The van der Waals surface area contributed by atoms with E-state index in [4.69, 9.17) is 9.92 Å². The van der Waals surface area contributed by atoms with Crippen molar-refractivity contribution < 1.29 is 17.3 Å². The number of rotatable bonds is 7. The maximum Gasteiger partial charge on any atom is 0.157 e. The largest absolute Gasteiger partial charge is 0.750 e. The first kappa shape index (κ1) is 24.0. The Bertz CT molecular complexity index is 1580. The highest BCUT2D eigenvalue weighted by atomic mass is 32.2. The fraction of sp³-hybridized carbons (Fsp3) is 0.107. The molecule has 0 aliphatic carbocycles. The molecule has 1 heterocycles. The lowest BCUT2D eigenvalue weighted by Gasteiger charge is -2.14. The average Bonchev–Trinajstić information content (AvgIpc) is 3.25. The first-order valence-electron chi connectivity index (χ1n) is 11.3. The van der Waals surface area contributed by atoms with E-state index in [0.29, 0.717) is 39.8 Å². The summed E-state index contributed by atoms with van der Waals surface area (Å²) in [7, 11) is 0. The van der Waals surface area contributed by atoms with E-state index in [9.17, 15) is 8.76 Å². The highest BCUT2D eigenvalue weighted by molar-refractivity contribution is 7.74. The third-order valence-corrected chi connectivity index (χ3v) is 6.48. The Morgan fingerprint density at radius 2 is 1.75 bits per heavy atom. The molecule has 0 aliphatic heterocycles. The van der Waals surface area contributed by atoms with E-state index in [0.717, 1.165) is 22.4 Å². The molecule has 4 aromatic carbocycles. The molecule has 1 aromatic heterocycles. The predicted molar refractivity (Wildman–Crippen MR) is 138 cm³/mol. The van der Waals surface area contributed by atoms with Crippen molar-refractivity contribution in [3.63, 3.8) is 0 Å². The van der Waals surface area contributed by atoms with E-state index in [1.165, 1.54) is 0 Å². The Morgan fingerprint density at radius 1 is 0.972 bits per heavy atom. The third-order valence-electron chi connectivity index (χ3n) is 6.17. The Hall–Kier alpha value is -3.69. The molecule has 0 amide bonds. The number of benzene rings is 4. The lowest BCUT2D eigenvalue weighted by Crippen LogP contribution is -2.02. The summed E-state index contributed by atoms with van der Waals surface area (Å²) in [5.74, 6) is -0.419. The molecular weight excluding hydrogens is 477 g/mol. The topological polar surface area (TPSA) is 93.2 Å². The second-order valence-corrected chi connectivity index (χ2v) is 9.04. The van der Waals surface area contributed by atoms with Crippen LogP contribution in [0.3, 0.4) is 0 Å². The molecule has 6 nitrogen and oxygen atoms in total. The SMILES string of the molecule is Cc1nn(-c2cccc(CN)c2)c2c(F)c(-c3ccc(-c4ccccc4)c(COS(=O)[O-])c3)ccc12. The molecule has 5 aromatic rings. The van der Waals surface area contributed by atoms with Crippen LogP contribution in [0.25, 0.3) is 38.8 Å². The van der Waals surface area contributed by atoms with Gasteiger partial charge in [0.05, 0.1) is 29.3 Å². The van der Waals surface area contributed by atoms with Crippen molar-refractivity contribution in [1.29, 1.82) is 0 Å². The van der Waals surface area contributed by atoms with Gasteiger partial charge in [-0.2, -0.15) is 5.10 Å². The zero-order chi connectivity index (χ0) is 25.2. The zero-order valence-electron chi connectivity index (χ0n) is 19.5. The molecule has 0 bridgehead atoms. The van der Waals surface area contributed by atoms with Crippen LogP contribution in [0.5, 0.6) is 0 Å². The average molecular weight is 501 g/mol. The Morgan fingerprint density at radius 3 is 2.50 bits per heavy atom. The van der Waals surface area contributed by atoms with Crippen molar-refractivity contribution in [2.24, 2.45) is 5.73 Å². The van der Waals surface area contributed by atoms with Gasteiger partial charge in [0, 0.05) is 17.5 Å². The summed E-state index contributed by atoms with van der Waals surface area (Å²) in [6.45, 7) is 2.05. The van der Waals surface area contributed by atoms with Gasteiger partial charge in [-0.15, -0.1) is 0 Å². The predicted octanol–water partition coefficient (Wildman–Crippen LogP) is 5.58. The maximum atomic E-state index is 16.2. The van der Waals surface area contributed by atoms with Crippen LogP contribution in [0.4, 0.5) is 4.39 Å². The lowest BCUT2D eigenvalue weighted by molar-refractivity contribution is 0.291. The first-order valence-corrected chi connectivity index (χ1v) is 12.3. The van der Waals surface area contributed by atoms with Gasteiger partial charge in [-0.3, -0.25) is 4.18 Å². The molecule has 0 radical (unpaired) electrons. The van der Waals surface area contributed by atoms with E-state index in [-0.39, 0.29) is 6.61 Å². The molecule has 1 unspecified atom stereocenters. The van der Waals surface area contributed by atoms with Crippen molar-refractivity contribution in [2.45, 2.75) is 20.1 Å². The van der Waals surface area contributed by atoms with Crippen LogP contribution in [-0.2, 0) is 28.7 Å². The number of nitrogens with two attached hydrogens (primary N) is 1. The van der Waals surface area contributed by atoms with E-state index in [1.807, 2.05) is 79.7 Å². The lowest BCUT2D eigenvalue weighted by atomic mass is 9.94. The van der Waals surface area contributed by atoms with Crippen LogP contribution in [0.1, 0.15) is 16.8 Å². The molecule has 0 aliphatic rings. The van der Waals surface area contributed by atoms with Gasteiger partial charge in [-0.1, -0.05) is 66.7 Å². The molecule has 36 heavy (non-hydrogen) atoms. The number of nitrogens with zero attached hydrogens (tertiary/aromatic N) is 2. The Kier molecular flexibility index (Phi) is 6.75. The van der Waals surface area contributed by atoms with Crippen molar-refractivity contribution in [3.8, 4) is 27.9 Å². The van der Waals surface area contributed by atoms with E-state index in [1.54, 1.807) is 16.8 Å². The molecule has 0 saturated heterocycles. The second-order valence-electron chi connectivity index (χ2n) is 8.40. The molecule has 5 rings (SSSR count). The molecule has 8 heteroatoms. The van der Waals surface area contributed by atoms with Crippen molar-refractivity contribution in [1.82, 2.24) is 9.78 Å². The minimum Gasteiger partial charge on any atom is -0.750 e. The van der Waals surface area contributed by atoms with Crippen molar-refractivity contribution >= 4 is 22.3 Å². The van der Waals surface area contributed by atoms with Gasteiger partial charge in [0.2, 0.25) is 0 Å². The van der Waals surface area contributed by atoms with Crippen LogP contribution in [0.15, 0.2) is 84.9 Å². The fourth-order valence-corrected chi connectivity index (χ4v) is 4.66. The van der Waals surface area contributed by atoms with E-state index < -0.39 is 17.2 Å². The number of aromatic nitrogens is 2. The fourth-order valence-electron chi connectivity index (χ4n) is 4.43. The van der Waals surface area contributed by atoms with Crippen LogP contribution < -0.4 is 5.73 Å². The number of halogens is 1. The van der Waals surface area contributed by atoms with Crippen molar-refractivity contribution in [3.05, 3.63) is 108 Å². The Balaban J connectivity index is 1.66. The van der Waals surface area contributed by atoms with E-state index in [2.05, 4.69) is 5.10 Å². The molecule has 1 atom stereocenters. The highest BCUT2D eigenvalue weighted by Crippen LogP contribution is 2.35. The minimum atomic E-state index is -2.67. The van der Waals surface area contributed by atoms with Gasteiger partial charge >= 0.3 is 0 Å².